The predicted molar refractivity (Wildman–Crippen MR) is 98.5 cm³/mol. The molecule has 0 unspecified atom stereocenters. The second-order valence-corrected chi connectivity index (χ2v) is 5.93. The van der Waals surface area contributed by atoms with Crippen LogP contribution in [-0.2, 0) is 17.8 Å². The zero-order chi connectivity index (χ0) is 18.9. The number of benzene rings is 2. The van der Waals surface area contributed by atoms with E-state index in [-0.39, 0.29) is 0 Å². The van der Waals surface area contributed by atoms with Crippen LogP contribution in [0.4, 0.5) is 0 Å². The van der Waals surface area contributed by atoms with E-state index in [9.17, 15) is 0 Å². The summed E-state index contributed by atoms with van der Waals surface area (Å²) in [6.45, 7) is 0.409. The fraction of sp³-hybridized carbons (Fsp3) is 0.200. The SMILES string of the molecule is COc1cc2cc[n+](CCc3ccc(Cl)cc3)cc2cc1OC.O=C[O-]. The molecule has 0 N–H and O–H groups in total. The summed E-state index contributed by atoms with van der Waals surface area (Å²) < 4.78 is 12.9. The van der Waals surface area contributed by atoms with Gasteiger partial charge in [-0.05, 0) is 35.2 Å². The minimum absolute atomic E-state index is 0.500. The standard InChI is InChI=1S/C19H19ClNO2.CH2O2/c1-22-18-11-15-8-10-21(13-16(15)12-19(18)23-2)9-7-14-3-5-17(20)6-4-14;2-1-3/h3-6,8,10-13H,7,9H2,1-2H3;1H,(H,2,3)/q+1;/p-1. The number of carboxylic acid groups (broad SMARTS) is 1. The molecule has 0 atom stereocenters. The minimum Gasteiger partial charge on any atom is -0.554 e. The summed E-state index contributed by atoms with van der Waals surface area (Å²) in [6, 6.07) is 14.1. The number of aryl methyl sites for hydroxylation is 2. The Balaban J connectivity index is 0.000000758. The van der Waals surface area contributed by atoms with Crippen molar-refractivity contribution in [2.45, 2.75) is 13.0 Å². The molecule has 0 aliphatic rings. The van der Waals surface area contributed by atoms with E-state index < -0.39 is 6.47 Å². The van der Waals surface area contributed by atoms with Crippen LogP contribution in [0.15, 0.2) is 54.9 Å². The Bertz CT molecular complexity index is 866. The third kappa shape index (κ3) is 5.10. The van der Waals surface area contributed by atoms with Gasteiger partial charge in [0, 0.05) is 29.4 Å². The van der Waals surface area contributed by atoms with Crippen LogP contribution in [0.25, 0.3) is 10.8 Å². The second-order valence-electron chi connectivity index (χ2n) is 5.49. The van der Waals surface area contributed by atoms with Crippen molar-refractivity contribution in [2.24, 2.45) is 0 Å². The normalized spacial score (nSPS) is 9.96. The van der Waals surface area contributed by atoms with Crippen LogP contribution < -0.4 is 19.1 Å². The molecule has 26 heavy (non-hydrogen) atoms. The van der Waals surface area contributed by atoms with Crippen molar-refractivity contribution in [2.75, 3.05) is 14.2 Å². The van der Waals surface area contributed by atoms with Gasteiger partial charge in [-0.2, -0.15) is 0 Å². The maximum Gasteiger partial charge on any atom is 0.176 e. The number of rotatable bonds is 5. The topological polar surface area (TPSA) is 62.5 Å². The molecule has 0 spiro atoms. The quantitative estimate of drug-likeness (QED) is 0.509. The predicted octanol–water partition coefficient (Wildman–Crippen LogP) is 2.41. The van der Waals surface area contributed by atoms with Crippen molar-refractivity contribution >= 4 is 28.8 Å². The maximum absolute atomic E-state index is 8.25. The molecule has 0 radical (unpaired) electrons. The van der Waals surface area contributed by atoms with Gasteiger partial charge >= 0.3 is 0 Å². The molecule has 6 heteroatoms. The first kappa shape index (κ1) is 19.5. The molecule has 1 heterocycles. The number of aromatic nitrogens is 1. The van der Waals surface area contributed by atoms with E-state index in [1.807, 2.05) is 24.3 Å². The van der Waals surface area contributed by atoms with Gasteiger partial charge in [0.25, 0.3) is 0 Å². The monoisotopic (exact) mass is 373 g/mol. The number of ether oxygens (including phenoxy) is 2. The molecular weight excluding hydrogens is 354 g/mol. The van der Waals surface area contributed by atoms with Crippen LogP contribution in [-0.4, -0.2) is 20.7 Å². The molecule has 0 bridgehead atoms. The van der Waals surface area contributed by atoms with E-state index in [1.165, 1.54) is 5.56 Å². The number of methoxy groups -OCH3 is 2. The molecule has 2 aromatic carbocycles. The Labute approximate surface area is 157 Å². The molecular formula is C20H20ClNO4. The first-order valence-corrected chi connectivity index (χ1v) is 8.34. The fourth-order valence-corrected chi connectivity index (χ4v) is 2.74. The molecule has 0 saturated heterocycles. The van der Waals surface area contributed by atoms with Crippen LogP contribution in [0, 0.1) is 0 Å². The summed E-state index contributed by atoms with van der Waals surface area (Å²) in [5.74, 6) is 1.49. The van der Waals surface area contributed by atoms with Crippen molar-refractivity contribution in [3.63, 3.8) is 0 Å². The molecule has 136 valence electrons. The van der Waals surface area contributed by atoms with Gasteiger partial charge in [0.15, 0.2) is 30.4 Å². The Morgan fingerprint density at radius 2 is 1.62 bits per heavy atom. The van der Waals surface area contributed by atoms with Crippen LogP contribution in [0.2, 0.25) is 5.02 Å². The lowest BCUT2D eigenvalue weighted by molar-refractivity contribution is -0.695. The van der Waals surface area contributed by atoms with Gasteiger partial charge in [0.2, 0.25) is 0 Å². The van der Waals surface area contributed by atoms with Crippen LogP contribution >= 0.6 is 11.6 Å². The molecule has 0 saturated carbocycles. The van der Waals surface area contributed by atoms with Gasteiger partial charge < -0.3 is 19.4 Å². The highest BCUT2D eigenvalue weighted by atomic mass is 35.5. The van der Waals surface area contributed by atoms with E-state index >= 15 is 0 Å². The maximum atomic E-state index is 8.25. The number of halogens is 1. The number of pyridine rings is 1. The summed E-state index contributed by atoms with van der Waals surface area (Å²) in [5.41, 5.74) is 1.27. The first-order chi connectivity index (χ1) is 12.6. The summed E-state index contributed by atoms with van der Waals surface area (Å²) in [6.07, 6.45) is 5.18. The number of hydrogen-bond acceptors (Lipinski definition) is 4. The van der Waals surface area contributed by atoms with Crippen LogP contribution in [0.3, 0.4) is 0 Å². The Kier molecular flexibility index (Phi) is 7.24. The van der Waals surface area contributed by atoms with Gasteiger partial charge in [0.05, 0.1) is 14.2 Å². The number of nitrogens with zero attached hydrogens (tertiary/aromatic N) is 1. The fourth-order valence-electron chi connectivity index (χ4n) is 2.61. The van der Waals surface area contributed by atoms with Crippen LogP contribution in [0.5, 0.6) is 11.5 Å². The lowest BCUT2D eigenvalue weighted by Gasteiger charge is -2.08. The van der Waals surface area contributed by atoms with Crippen molar-refractivity contribution in [3.8, 4) is 11.5 Å². The highest BCUT2D eigenvalue weighted by molar-refractivity contribution is 6.30. The van der Waals surface area contributed by atoms with Crippen molar-refractivity contribution in [1.29, 1.82) is 0 Å². The van der Waals surface area contributed by atoms with Crippen LogP contribution in [0.1, 0.15) is 5.56 Å². The number of fused-ring (bicyclic) bond motifs is 1. The minimum atomic E-state index is -0.500. The molecule has 3 aromatic rings. The third-order valence-electron chi connectivity index (χ3n) is 3.91. The summed E-state index contributed by atoms with van der Waals surface area (Å²) in [5, 5.41) is 11.3. The van der Waals surface area contributed by atoms with Crippen molar-refractivity contribution in [3.05, 3.63) is 65.4 Å². The van der Waals surface area contributed by atoms with E-state index in [0.29, 0.717) is 0 Å². The summed E-state index contributed by atoms with van der Waals surface area (Å²) >= 11 is 5.92. The van der Waals surface area contributed by atoms with Gasteiger partial charge in [0.1, 0.15) is 0 Å². The highest BCUT2D eigenvalue weighted by Gasteiger charge is 2.09. The molecule has 0 fully saturated rings. The molecule has 1 aromatic heterocycles. The van der Waals surface area contributed by atoms with E-state index in [4.69, 9.17) is 31.0 Å². The van der Waals surface area contributed by atoms with Gasteiger partial charge in [-0.3, -0.25) is 0 Å². The second kappa shape index (κ2) is 9.63. The molecule has 0 amide bonds. The van der Waals surface area contributed by atoms with E-state index in [1.54, 1.807) is 14.2 Å². The van der Waals surface area contributed by atoms with Gasteiger partial charge in [-0.25, -0.2) is 4.57 Å². The highest BCUT2D eigenvalue weighted by Crippen LogP contribution is 2.31. The number of hydrogen-bond donors (Lipinski definition) is 0. The lowest BCUT2D eigenvalue weighted by Crippen LogP contribution is -2.33. The lowest BCUT2D eigenvalue weighted by atomic mass is 10.1. The average Bonchev–Trinajstić information content (AvgIpc) is 2.67. The van der Waals surface area contributed by atoms with E-state index in [2.05, 4.69) is 35.2 Å². The Hall–Kier alpha value is -2.79. The summed E-state index contributed by atoms with van der Waals surface area (Å²) in [7, 11) is 3.31. The molecule has 0 aliphatic carbocycles. The van der Waals surface area contributed by atoms with Crippen molar-refractivity contribution in [1.82, 2.24) is 0 Å². The molecule has 3 rings (SSSR count). The molecule has 5 nitrogen and oxygen atoms in total. The zero-order valence-corrected chi connectivity index (χ0v) is 15.4. The summed E-state index contributed by atoms with van der Waals surface area (Å²) in [4.78, 5) is 8.25. The van der Waals surface area contributed by atoms with Crippen molar-refractivity contribution < 1.29 is 23.9 Å². The first-order valence-electron chi connectivity index (χ1n) is 7.96. The van der Waals surface area contributed by atoms with E-state index in [0.717, 1.165) is 40.3 Å². The Morgan fingerprint density at radius 1 is 1.04 bits per heavy atom. The number of carbonyl (C=O) groups excluding carboxylic acids is 1. The smallest absolute Gasteiger partial charge is 0.176 e. The Morgan fingerprint density at radius 3 is 2.19 bits per heavy atom. The molecule has 0 aliphatic heterocycles. The third-order valence-corrected chi connectivity index (χ3v) is 4.16. The zero-order valence-electron chi connectivity index (χ0n) is 14.6. The van der Waals surface area contributed by atoms with Gasteiger partial charge in [-0.15, -0.1) is 0 Å². The van der Waals surface area contributed by atoms with Gasteiger partial charge in [-0.1, -0.05) is 23.7 Å². The average molecular weight is 374 g/mol. The number of carbonyl (C=O) groups is 1. The largest absolute Gasteiger partial charge is 0.554 e.